The molecule has 0 aliphatic carbocycles. The molecular weight excluding hydrogens is 344 g/mol. The van der Waals surface area contributed by atoms with Crippen molar-refractivity contribution >= 4 is 17.6 Å². The van der Waals surface area contributed by atoms with Crippen LogP contribution < -0.4 is 16.5 Å². The van der Waals surface area contributed by atoms with Crippen LogP contribution in [0.25, 0.3) is 0 Å². The molecule has 2 rings (SSSR count). The monoisotopic (exact) mass is 370 g/mol. The quantitative estimate of drug-likeness (QED) is 0.242. The van der Waals surface area contributed by atoms with Crippen molar-refractivity contribution in [3.63, 3.8) is 0 Å². The Morgan fingerprint density at radius 1 is 1.00 bits per heavy atom. The minimum absolute atomic E-state index is 0.104. The molecule has 2 aromatic heterocycles. The van der Waals surface area contributed by atoms with Gasteiger partial charge < -0.3 is 11.1 Å². The number of carbonyl (C=O) groups excluding carboxylic acids is 1. The van der Waals surface area contributed by atoms with Crippen molar-refractivity contribution in [2.45, 2.75) is 38.7 Å². The first-order valence-electron chi connectivity index (χ1n) is 9.00. The second-order valence-corrected chi connectivity index (χ2v) is 5.96. The number of aliphatic imine (C=N–C) groups is 1. The zero-order chi connectivity index (χ0) is 19.2. The van der Waals surface area contributed by atoms with Gasteiger partial charge in [0, 0.05) is 43.4 Å². The van der Waals surface area contributed by atoms with Crippen LogP contribution in [0.15, 0.2) is 54.0 Å². The Hall–Kier alpha value is -3.00. The lowest BCUT2D eigenvalue weighted by Crippen LogP contribution is -2.23. The van der Waals surface area contributed by atoms with Gasteiger partial charge in [0.15, 0.2) is 5.96 Å². The van der Waals surface area contributed by atoms with Crippen LogP contribution in [0.2, 0.25) is 0 Å². The second kappa shape index (κ2) is 12.4. The number of rotatable bonds is 11. The van der Waals surface area contributed by atoms with Gasteiger partial charge in [0.05, 0.1) is 6.61 Å². The van der Waals surface area contributed by atoms with Gasteiger partial charge in [0.2, 0.25) is 5.91 Å². The van der Waals surface area contributed by atoms with Gasteiger partial charge in [0.1, 0.15) is 0 Å². The topological polar surface area (TPSA) is 115 Å². The highest BCUT2D eigenvalue weighted by Crippen LogP contribution is 2.05. The minimum atomic E-state index is -0.104. The van der Waals surface area contributed by atoms with Gasteiger partial charge >= 0.3 is 0 Å². The number of aromatic nitrogens is 2. The highest BCUT2D eigenvalue weighted by molar-refractivity contribution is 5.92. The number of nitrogens with two attached hydrogens (primary N) is 1. The zero-order valence-corrected chi connectivity index (χ0v) is 15.3. The molecule has 8 nitrogen and oxygen atoms in total. The van der Waals surface area contributed by atoms with E-state index in [1.807, 2.05) is 24.3 Å². The van der Waals surface area contributed by atoms with Gasteiger partial charge in [-0.2, -0.15) is 0 Å². The molecule has 27 heavy (non-hydrogen) atoms. The molecule has 0 aliphatic rings. The van der Waals surface area contributed by atoms with E-state index in [1.54, 1.807) is 24.8 Å². The highest BCUT2D eigenvalue weighted by atomic mass is 16.6. The Bertz CT molecular complexity index is 694. The molecule has 0 unspecified atom stereocenters. The SMILES string of the molecule is NC(=NCCCCCCC(=O)NOCc1ccncc1)Nc1ccncc1. The van der Waals surface area contributed by atoms with E-state index >= 15 is 0 Å². The van der Waals surface area contributed by atoms with Crippen LogP contribution in [-0.2, 0) is 16.2 Å². The molecule has 0 atom stereocenters. The predicted octanol–water partition coefficient (Wildman–Crippen LogP) is 2.40. The van der Waals surface area contributed by atoms with Gasteiger partial charge in [-0.25, -0.2) is 5.48 Å². The van der Waals surface area contributed by atoms with E-state index < -0.39 is 0 Å². The smallest absolute Gasteiger partial charge is 0.243 e. The third-order valence-corrected chi connectivity index (χ3v) is 3.72. The average Bonchev–Trinajstić information content (AvgIpc) is 2.69. The fraction of sp³-hybridized carbons (Fsp3) is 0.368. The first-order chi connectivity index (χ1) is 13.2. The van der Waals surface area contributed by atoms with Gasteiger partial charge in [-0.15, -0.1) is 0 Å². The number of pyridine rings is 2. The molecule has 0 spiro atoms. The van der Waals surface area contributed by atoms with Gasteiger partial charge in [0.25, 0.3) is 0 Å². The molecule has 0 radical (unpaired) electrons. The molecule has 8 heteroatoms. The van der Waals surface area contributed by atoms with E-state index in [0.29, 0.717) is 25.5 Å². The fourth-order valence-corrected chi connectivity index (χ4v) is 2.30. The van der Waals surface area contributed by atoms with Crippen LogP contribution in [0.4, 0.5) is 5.69 Å². The van der Waals surface area contributed by atoms with Crippen molar-refractivity contribution in [2.24, 2.45) is 10.7 Å². The van der Waals surface area contributed by atoms with Crippen molar-refractivity contribution in [3.8, 4) is 0 Å². The maximum atomic E-state index is 11.7. The van der Waals surface area contributed by atoms with Crippen LogP contribution in [0.1, 0.15) is 37.7 Å². The van der Waals surface area contributed by atoms with Crippen LogP contribution in [0.3, 0.4) is 0 Å². The summed E-state index contributed by atoms with van der Waals surface area (Å²) in [4.78, 5) is 29.0. The van der Waals surface area contributed by atoms with E-state index in [9.17, 15) is 4.79 Å². The molecule has 0 saturated heterocycles. The van der Waals surface area contributed by atoms with E-state index in [4.69, 9.17) is 10.6 Å². The molecule has 2 heterocycles. The Morgan fingerprint density at radius 3 is 2.41 bits per heavy atom. The van der Waals surface area contributed by atoms with E-state index in [-0.39, 0.29) is 5.91 Å². The standard InChI is InChI=1S/C19H26N6O2/c20-19(24-17-8-13-22-14-9-17)23-10-4-2-1-3-5-18(26)25-27-15-16-6-11-21-12-7-16/h6-9,11-14H,1-5,10,15H2,(H,25,26)(H3,20,22,23,24). The Labute approximate surface area is 159 Å². The molecule has 0 bridgehead atoms. The van der Waals surface area contributed by atoms with Gasteiger partial charge in [-0.05, 0) is 42.7 Å². The summed E-state index contributed by atoms with van der Waals surface area (Å²) in [6.07, 6.45) is 10.9. The van der Waals surface area contributed by atoms with Crippen LogP contribution >= 0.6 is 0 Å². The fourth-order valence-electron chi connectivity index (χ4n) is 2.30. The molecule has 1 amide bonds. The molecule has 4 N–H and O–H groups in total. The lowest BCUT2D eigenvalue weighted by Gasteiger charge is -2.06. The number of nitrogens with zero attached hydrogens (tertiary/aromatic N) is 3. The van der Waals surface area contributed by atoms with Crippen molar-refractivity contribution in [2.75, 3.05) is 11.9 Å². The number of hydrogen-bond acceptors (Lipinski definition) is 5. The summed E-state index contributed by atoms with van der Waals surface area (Å²) in [5, 5.41) is 3.01. The van der Waals surface area contributed by atoms with Crippen molar-refractivity contribution < 1.29 is 9.63 Å². The Morgan fingerprint density at radius 2 is 1.67 bits per heavy atom. The van der Waals surface area contributed by atoms with Crippen LogP contribution in [0, 0.1) is 0 Å². The Balaban J connectivity index is 1.45. The lowest BCUT2D eigenvalue weighted by molar-refractivity contribution is -0.134. The summed E-state index contributed by atoms with van der Waals surface area (Å²) in [5.74, 6) is 0.291. The third-order valence-electron chi connectivity index (χ3n) is 3.72. The summed E-state index contributed by atoms with van der Waals surface area (Å²) >= 11 is 0. The summed E-state index contributed by atoms with van der Waals surface area (Å²) in [7, 11) is 0. The minimum Gasteiger partial charge on any atom is -0.370 e. The maximum Gasteiger partial charge on any atom is 0.243 e. The molecule has 2 aromatic rings. The van der Waals surface area contributed by atoms with E-state index in [1.165, 1.54) is 0 Å². The van der Waals surface area contributed by atoms with E-state index in [0.717, 1.165) is 36.9 Å². The highest BCUT2D eigenvalue weighted by Gasteiger charge is 2.01. The Kier molecular flexibility index (Phi) is 9.31. The van der Waals surface area contributed by atoms with Gasteiger partial charge in [-0.1, -0.05) is 12.8 Å². The van der Waals surface area contributed by atoms with Crippen molar-refractivity contribution in [1.82, 2.24) is 15.4 Å². The number of amides is 1. The molecular formula is C19H26N6O2. The first kappa shape index (κ1) is 20.3. The van der Waals surface area contributed by atoms with Crippen LogP contribution in [-0.4, -0.2) is 28.4 Å². The number of nitrogens with one attached hydrogen (secondary N) is 2. The summed E-state index contributed by atoms with van der Waals surface area (Å²) < 4.78 is 0. The summed E-state index contributed by atoms with van der Waals surface area (Å²) in [6.45, 7) is 0.992. The van der Waals surface area contributed by atoms with Crippen molar-refractivity contribution in [3.05, 3.63) is 54.6 Å². The first-order valence-corrected chi connectivity index (χ1v) is 9.00. The normalized spacial score (nSPS) is 11.2. The van der Waals surface area contributed by atoms with E-state index in [2.05, 4.69) is 25.8 Å². The zero-order valence-electron chi connectivity index (χ0n) is 15.3. The summed E-state index contributed by atoms with van der Waals surface area (Å²) in [6, 6.07) is 7.34. The van der Waals surface area contributed by atoms with Crippen molar-refractivity contribution in [1.29, 1.82) is 0 Å². The predicted molar refractivity (Wildman–Crippen MR) is 105 cm³/mol. The average molecular weight is 370 g/mol. The maximum absolute atomic E-state index is 11.7. The number of unbranched alkanes of at least 4 members (excludes halogenated alkanes) is 3. The molecule has 0 fully saturated rings. The number of carbonyl (C=O) groups is 1. The molecule has 0 aromatic carbocycles. The summed E-state index contributed by atoms with van der Waals surface area (Å²) in [5.41, 5.74) is 10.1. The number of hydrogen-bond donors (Lipinski definition) is 3. The number of guanidine groups is 1. The third kappa shape index (κ3) is 9.31. The number of anilines is 1. The molecule has 0 aliphatic heterocycles. The van der Waals surface area contributed by atoms with Gasteiger partial charge in [-0.3, -0.25) is 24.6 Å². The number of hydroxylamine groups is 1. The molecule has 0 saturated carbocycles. The van der Waals surface area contributed by atoms with Crippen LogP contribution in [0.5, 0.6) is 0 Å². The molecule has 144 valence electrons. The second-order valence-electron chi connectivity index (χ2n) is 5.96. The largest absolute Gasteiger partial charge is 0.370 e. The lowest BCUT2D eigenvalue weighted by atomic mass is 10.1.